The van der Waals surface area contributed by atoms with E-state index in [1.165, 1.54) is 44.2 Å². The second-order valence-electron chi connectivity index (χ2n) is 8.00. The molecule has 2 fully saturated rings. The zero-order valence-electron chi connectivity index (χ0n) is 16.9. The summed E-state index contributed by atoms with van der Waals surface area (Å²) in [7, 11) is 0. The van der Waals surface area contributed by atoms with Crippen LogP contribution in [0.25, 0.3) is 0 Å². The van der Waals surface area contributed by atoms with E-state index in [9.17, 15) is 9.18 Å². The van der Waals surface area contributed by atoms with Gasteiger partial charge < -0.3 is 20.3 Å². The third-order valence-corrected chi connectivity index (χ3v) is 5.77. The average Bonchev–Trinajstić information content (AvgIpc) is 2.73. The third-order valence-electron chi connectivity index (χ3n) is 5.77. The fourth-order valence-corrected chi connectivity index (χ4v) is 4.11. The normalized spacial score (nSPS) is 20.7. The van der Waals surface area contributed by atoms with Gasteiger partial charge in [0.1, 0.15) is 11.6 Å². The Bertz CT molecular complexity index is 614. The van der Waals surface area contributed by atoms with Crippen LogP contribution in [0, 0.1) is 11.7 Å². The number of carbonyl (C=O) groups is 1. The van der Waals surface area contributed by atoms with Crippen LogP contribution < -0.4 is 15.4 Å². The van der Waals surface area contributed by atoms with Crippen molar-refractivity contribution >= 4 is 5.91 Å². The van der Waals surface area contributed by atoms with E-state index in [-0.39, 0.29) is 11.5 Å². The van der Waals surface area contributed by atoms with Crippen LogP contribution in [-0.4, -0.2) is 56.7 Å². The van der Waals surface area contributed by atoms with E-state index in [1.54, 1.807) is 6.07 Å². The minimum Gasteiger partial charge on any atom is -0.493 e. The van der Waals surface area contributed by atoms with Gasteiger partial charge in [0.15, 0.2) is 0 Å². The average molecular weight is 392 g/mol. The van der Waals surface area contributed by atoms with Crippen LogP contribution in [-0.2, 0) is 0 Å². The molecule has 3 rings (SSSR count). The van der Waals surface area contributed by atoms with Crippen LogP contribution in [0.4, 0.5) is 4.39 Å². The van der Waals surface area contributed by atoms with Gasteiger partial charge in [-0.05, 0) is 82.8 Å². The summed E-state index contributed by atoms with van der Waals surface area (Å²) in [5.41, 5.74) is 0.0827. The molecule has 0 bridgehead atoms. The van der Waals surface area contributed by atoms with Crippen LogP contribution in [0.5, 0.6) is 5.75 Å². The van der Waals surface area contributed by atoms with Gasteiger partial charge >= 0.3 is 0 Å². The number of carbonyl (C=O) groups excluding carboxylic acids is 1. The molecule has 0 saturated carbocycles. The van der Waals surface area contributed by atoms with Crippen molar-refractivity contribution in [3.63, 3.8) is 0 Å². The van der Waals surface area contributed by atoms with E-state index in [0.717, 1.165) is 51.5 Å². The Morgan fingerprint density at radius 3 is 2.86 bits per heavy atom. The second kappa shape index (κ2) is 11.4. The molecule has 1 unspecified atom stereocenters. The molecular weight excluding hydrogens is 357 g/mol. The lowest BCUT2D eigenvalue weighted by Crippen LogP contribution is -2.37. The largest absolute Gasteiger partial charge is 0.493 e. The van der Waals surface area contributed by atoms with Gasteiger partial charge in [0, 0.05) is 19.2 Å². The SMILES string of the molecule is O=C(NCCN1CCCCC1)c1ccc(OCCCC2CCCNC2)cc1F. The summed E-state index contributed by atoms with van der Waals surface area (Å²) in [6, 6.07) is 4.53. The summed E-state index contributed by atoms with van der Waals surface area (Å²) < 4.78 is 20.0. The second-order valence-corrected chi connectivity index (χ2v) is 8.00. The van der Waals surface area contributed by atoms with Crippen LogP contribution in [0.2, 0.25) is 0 Å². The fraction of sp³-hybridized carbons (Fsp3) is 0.682. The van der Waals surface area contributed by atoms with Gasteiger partial charge in [-0.1, -0.05) is 6.42 Å². The molecule has 2 heterocycles. The Morgan fingerprint density at radius 1 is 1.25 bits per heavy atom. The van der Waals surface area contributed by atoms with Crippen LogP contribution >= 0.6 is 0 Å². The Kier molecular flexibility index (Phi) is 8.55. The van der Waals surface area contributed by atoms with E-state index >= 15 is 0 Å². The molecule has 2 N–H and O–H groups in total. The van der Waals surface area contributed by atoms with E-state index < -0.39 is 5.82 Å². The number of ether oxygens (including phenoxy) is 1. The molecule has 5 nitrogen and oxygen atoms in total. The van der Waals surface area contributed by atoms with Gasteiger partial charge in [-0.15, -0.1) is 0 Å². The van der Waals surface area contributed by atoms with Crippen molar-refractivity contribution in [1.82, 2.24) is 15.5 Å². The molecule has 1 aromatic rings. The number of nitrogens with one attached hydrogen (secondary N) is 2. The number of halogens is 1. The molecule has 0 spiro atoms. The molecule has 156 valence electrons. The zero-order chi connectivity index (χ0) is 19.6. The first-order valence-corrected chi connectivity index (χ1v) is 10.9. The van der Waals surface area contributed by atoms with Gasteiger partial charge in [0.05, 0.1) is 12.2 Å². The summed E-state index contributed by atoms with van der Waals surface area (Å²) >= 11 is 0. The summed E-state index contributed by atoms with van der Waals surface area (Å²) in [5, 5.41) is 6.25. The minimum atomic E-state index is -0.524. The van der Waals surface area contributed by atoms with Gasteiger partial charge in [-0.2, -0.15) is 0 Å². The molecule has 0 radical (unpaired) electrons. The first-order chi connectivity index (χ1) is 13.7. The number of benzene rings is 1. The van der Waals surface area contributed by atoms with Crippen LogP contribution in [0.3, 0.4) is 0 Å². The monoisotopic (exact) mass is 391 g/mol. The lowest BCUT2D eigenvalue weighted by molar-refractivity contribution is 0.0942. The molecule has 0 aromatic heterocycles. The number of hydrogen-bond donors (Lipinski definition) is 2. The van der Waals surface area contributed by atoms with Crippen LogP contribution in [0.15, 0.2) is 18.2 Å². The van der Waals surface area contributed by atoms with Gasteiger partial charge in [0.25, 0.3) is 5.91 Å². The number of nitrogens with zero attached hydrogens (tertiary/aromatic N) is 1. The van der Waals surface area contributed by atoms with Crippen molar-refractivity contribution in [2.24, 2.45) is 5.92 Å². The maximum absolute atomic E-state index is 14.3. The van der Waals surface area contributed by atoms with Crippen molar-refractivity contribution in [3.05, 3.63) is 29.6 Å². The molecule has 1 aromatic carbocycles. The highest BCUT2D eigenvalue weighted by atomic mass is 19.1. The smallest absolute Gasteiger partial charge is 0.254 e. The molecule has 2 aliphatic heterocycles. The van der Waals surface area contributed by atoms with E-state index in [1.807, 2.05) is 0 Å². The quantitative estimate of drug-likeness (QED) is 0.635. The summed E-state index contributed by atoms with van der Waals surface area (Å²) in [4.78, 5) is 14.6. The van der Waals surface area contributed by atoms with Crippen molar-refractivity contribution in [2.45, 2.75) is 44.9 Å². The summed E-state index contributed by atoms with van der Waals surface area (Å²) in [6.45, 7) is 6.36. The van der Waals surface area contributed by atoms with Crippen LogP contribution in [0.1, 0.15) is 55.3 Å². The van der Waals surface area contributed by atoms with Gasteiger partial charge in [-0.25, -0.2) is 4.39 Å². The van der Waals surface area contributed by atoms with Crippen molar-refractivity contribution < 1.29 is 13.9 Å². The Balaban J connectivity index is 1.36. The molecule has 2 aliphatic rings. The first-order valence-electron chi connectivity index (χ1n) is 10.9. The minimum absolute atomic E-state index is 0.0827. The molecule has 0 aliphatic carbocycles. The zero-order valence-corrected chi connectivity index (χ0v) is 16.9. The Hall–Kier alpha value is -1.66. The lowest BCUT2D eigenvalue weighted by atomic mass is 9.95. The predicted molar refractivity (Wildman–Crippen MR) is 109 cm³/mol. The molecule has 28 heavy (non-hydrogen) atoms. The lowest BCUT2D eigenvalue weighted by Gasteiger charge is -2.26. The predicted octanol–water partition coefficient (Wildman–Crippen LogP) is 3.20. The topological polar surface area (TPSA) is 53.6 Å². The molecule has 1 atom stereocenters. The Morgan fingerprint density at radius 2 is 2.11 bits per heavy atom. The fourth-order valence-electron chi connectivity index (χ4n) is 4.11. The van der Waals surface area contributed by atoms with E-state index in [4.69, 9.17) is 4.74 Å². The molecule has 2 saturated heterocycles. The number of hydrogen-bond acceptors (Lipinski definition) is 4. The van der Waals surface area contributed by atoms with E-state index in [0.29, 0.717) is 18.9 Å². The number of rotatable bonds is 9. The van der Waals surface area contributed by atoms with Gasteiger partial charge in [0.2, 0.25) is 0 Å². The summed E-state index contributed by atoms with van der Waals surface area (Å²) in [5.74, 6) is 0.338. The molecule has 1 amide bonds. The highest BCUT2D eigenvalue weighted by molar-refractivity contribution is 5.94. The van der Waals surface area contributed by atoms with Crippen molar-refractivity contribution in [1.29, 1.82) is 0 Å². The maximum Gasteiger partial charge on any atom is 0.254 e. The molecular formula is C22H34FN3O2. The van der Waals surface area contributed by atoms with Crippen molar-refractivity contribution in [3.8, 4) is 5.75 Å². The number of amides is 1. The van der Waals surface area contributed by atoms with E-state index in [2.05, 4.69) is 15.5 Å². The number of piperidine rings is 2. The third kappa shape index (κ3) is 6.74. The Labute approximate surface area is 168 Å². The first kappa shape index (κ1) is 21.1. The van der Waals surface area contributed by atoms with Gasteiger partial charge in [-0.3, -0.25) is 4.79 Å². The maximum atomic E-state index is 14.3. The van der Waals surface area contributed by atoms with Crippen molar-refractivity contribution in [2.75, 3.05) is 45.9 Å². The number of likely N-dealkylation sites (tertiary alicyclic amines) is 1. The summed E-state index contributed by atoms with van der Waals surface area (Å²) in [6.07, 6.45) is 8.37. The highest BCUT2D eigenvalue weighted by Crippen LogP contribution is 2.19. The molecule has 6 heteroatoms. The standard InChI is InChI=1S/C22H34FN3O2/c23-21-16-19(28-15-5-7-18-6-4-10-24-17-18)8-9-20(21)22(27)25-11-14-26-12-2-1-3-13-26/h8-9,16,18,24H,1-7,10-15,17H2,(H,25,27). The highest BCUT2D eigenvalue weighted by Gasteiger charge is 2.15.